The number of ether oxygens (including phenoxy) is 6. The van der Waals surface area contributed by atoms with E-state index in [1.165, 1.54) is 38.5 Å². The van der Waals surface area contributed by atoms with E-state index >= 15 is 0 Å². The van der Waals surface area contributed by atoms with Gasteiger partial charge in [-0.05, 0) is 19.4 Å². The fourth-order valence-corrected chi connectivity index (χ4v) is 2.75. The number of aromatic nitrogens is 1. The second-order valence-corrected chi connectivity index (χ2v) is 6.51. The topological polar surface area (TPSA) is 146 Å². The number of nitro groups is 1. The van der Waals surface area contributed by atoms with Gasteiger partial charge < -0.3 is 28.4 Å². The quantitative estimate of drug-likeness (QED) is 0.220. The van der Waals surface area contributed by atoms with Crippen molar-refractivity contribution in [3.8, 4) is 22.6 Å². The van der Waals surface area contributed by atoms with E-state index in [0.29, 0.717) is 0 Å². The van der Waals surface area contributed by atoms with Crippen LogP contribution < -0.4 is 9.47 Å². The van der Waals surface area contributed by atoms with Gasteiger partial charge in [-0.15, -0.1) is 0 Å². The van der Waals surface area contributed by atoms with E-state index < -0.39 is 17.2 Å². The lowest BCUT2D eigenvalue weighted by molar-refractivity contribution is -0.384. The molecule has 0 aliphatic carbocycles. The molecule has 0 radical (unpaired) electrons. The number of carbonyl (C=O) groups is 2. The number of hydrogen-bond donors (Lipinski definition) is 0. The second kappa shape index (κ2) is 12.3. The highest BCUT2D eigenvalue weighted by Crippen LogP contribution is 2.43. The van der Waals surface area contributed by atoms with Gasteiger partial charge in [-0.1, -0.05) is 12.1 Å². The van der Waals surface area contributed by atoms with Crippen molar-refractivity contribution >= 4 is 18.0 Å². The van der Waals surface area contributed by atoms with Crippen molar-refractivity contribution in [1.29, 1.82) is 0 Å². The van der Waals surface area contributed by atoms with Gasteiger partial charge in [0, 0.05) is 26.4 Å². The number of rotatable bonds is 10. The summed E-state index contributed by atoms with van der Waals surface area (Å²) in [5, 5.41) is 11.3. The maximum Gasteiger partial charge on any atom is 0.514 e. The normalized spacial score (nSPS) is 10.4. The summed E-state index contributed by atoms with van der Waals surface area (Å²) in [6.45, 7) is 3.31. The lowest BCUT2D eigenvalue weighted by atomic mass is 10.0. The molecule has 0 aliphatic heterocycles. The summed E-state index contributed by atoms with van der Waals surface area (Å²) >= 11 is 0. The molecule has 2 rings (SSSR count). The predicted molar refractivity (Wildman–Crippen MR) is 114 cm³/mol. The molecule has 12 heteroatoms. The summed E-state index contributed by atoms with van der Waals surface area (Å²) in [6, 6.07) is 5.53. The number of hydrogen-bond acceptors (Lipinski definition) is 11. The van der Waals surface area contributed by atoms with Crippen molar-refractivity contribution < 1.29 is 42.9 Å². The molecule has 0 saturated carbocycles. The Balaban J connectivity index is 2.56. The molecule has 0 bridgehead atoms. The molecular weight excluding hydrogens is 440 g/mol. The molecule has 0 unspecified atom stereocenters. The van der Waals surface area contributed by atoms with Gasteiger partial charge in [0.1, 0.15) is 13.2 Å². The van der Waals surface area contributed by atoms with Crippen molar-refractivity contribution in [3.63, 3.8) is 0 Å². The third kappa shape index (κ3) is 7.12. The smallest absolute Gasteiger partial charge is 0.432 e. The van der Waals surface area contributed by atoms with Gasteiger partial charge in [0.05, 0.1) is 35.1 Å². The Morgan fingerprint density at radius 3 is 1.88 bits per heavy atom. The Hall–Kier alpha value is -3.77. The van der Waals surface area contributed by atoms with Crippen LogP contribution >= 0.6 is 0 Å². The van der Waals surface area contributed by atoms with Gasteiger partial charge in [-0.2, -0.15) is 0 Å². The summed E-state index contributed by atoms with van der Waals surface area (Å²) in [4.78, 5) is 39.4. The van der Waals surface area contributed by atoms with Crippen LogP contribution in [0.5, 0.6) is 11.5 Å². The second-order valence-electron chi connectivity index (χ2n) is 6.51. The summed E-state index contributed by atoms with van der Waals surface area (Å²) in [5.41, 5.74) is 0.644. The van der Waals surface area contributed by atoms with Gasteiger partial charge in [0.25, 0.3) is 5.69 Å². The van der Waals surface area contributed by atoms with E-state index in [4.69, 9.17) is 28.4 Å². The van der Waals surface area contributed by atoms with Crippen LogP contribution in [0, 0.1) is 24.0 Å². The summed E-state index contributed by atoms with van der Waals surface area (Å²) in [5.74, 6) is -0.189. The van der Waals surface area contributed by atoms with Crippen LogP contribution in [0.3, 0.4) is 0 Å². The molecule has 1 aromatic carbocycles. The van der Waals surface area contributed by atoms with Crippen molar-refractivity contribution in [2.24, 2.45) is 0 Å². The first-order valence-electron chi connectivity index (χ1n) is 9.71. The Morgan fingerprint density at radius 1 is 0.909 bits per heavy atom. The number of aryl methyl sites for hydroxylation is 2. The van der Waals surface area contributed by atoms with Crippen LogP contribution in [0.4, 0.5) is 15.3 Å². The van der Waals surface area contributed by atoms with Gasteiger partial charge in [0.15, 0.2) is 11.5 Å². The number of non-ortho nitro benzene ring substituents is 1. The average Bonchev–Trinajstić information content (AvgIpc) is 2.77. The number of pyridine rings is 1. The fraction of sp³-hybridized carbons (Fsp3) is 0.381. The molecule has 0 atom stereocenters. The Bertz CT molecular complexity index is 961. The average molecular weight is 464 g/mol. The summed E-state index contributed by atoms with van der Waals surface area (Å²) in [7, 11) is 2.89. The molecule has 33 heavy (non-hydrogen) atoms. The zero-order valence-electron chi connectivity index (χ0n) is 18.6. The minimum atomic E-state index is -1.05. The van der Waals surface area contributed by atoms with E-state index in [1.807, 2.05) is 0 Å². The van der Waals surface area contributed by atoms with Crippen molar-refractivity contribution in [2.45, 2.75) is 13.8 Å². The maximum atomic E-state index is 12.2. The number of nitro benzene ring substituents is 1. The van der Waals surface area contributed by atoms with Crippen molar-refractivity contribution in [3.05, 3.63) is 45.8 Å². The zero-order chi connectivity index (χ0) is 24.4. The lowest BCUT2D eigenvalue weighted by Crippen LogP contribution is -2.18. The number of nitrogens with zero attached hydrogens (tertiary/aromatic N) is 2. The SMILES string of the molecule is COCCOC(=O)Oc1c(C)nc(C)c(OC(=O)OCCOC)c1-c1cccc([N+](=O)[O-])c1. The highest BCUT2D eigenvalue weighted by Gasteiger charge is 2.26. The molecule has 0 spiro atoms. The number of methoxy groups -OCH3 is 2. The maximum absolute atomic E-state index is 12.2. The van der Waals surface area contributed by atoms with E-state index in [2.05, 4.69) is 4.98 Å². The molecule has 178 valence electrons. The van der Waals surface area contributed by atoms with Gasteiger partial charge >= 0.3 is 12.3 Å². The zero-order valence-corrected chi connectivity index (χ0v) is 18.6. The van der Waals surface area contributed by atoms with Crippen LogP contribution in [0.1, 0.15) is 11.4 Å². The van der Waals surface area contributed by atoms with Crippen LogP contribution in [-0.4, -0.2) is 62.9 Å². The molecular formula is C21H24N2O10. The van der Waals surface area contributed by atoms with Gasteiger partial charge in [-0.25, -0.2) is 9.59 Å². The van der Waals surface area contributed by atoms with Gasteiger partial charge in [-0.3, -0.25) is 15.1 Å². The van der Waals surface area contributed by atoms with E-state index in [9.17, 15) is 19.7 Å². The standard InChI is InChI=1S/C21H24N2O10/c1-13-18(32-20(24)30-10-8-28-3)17(15-6-5-7-16(12-15)23(26)27)19(14(2)22-13)33-21(25)31-11-9-29-4/h5-7,12H,8-11H2,1-4H3. The molecule has 0 fully saturated rings. The van der Waals surface area contributed by atoms with Crippen LogP contribution in [0.2, 0.25) is 0 Å². The van der Waals surface area contributed by atoms with E-state index in [0.717, 1.165) is 0 Å². The van der Waals surface area contributed by atoms with E-state index in [1.54, 1.807) is 13.8 Å². The van der Waals surface area contributed by atoms with Crippen LogP contribution in [-0.2, 0) is 18.9 Å². The third-order valence-corrected chi connectivity index (χ3v) is 4.18. The summed E-state index contributed by atoms with van der Waals surface area (Å²) in [6.07, 6.45) is -2.11. The molecule has 2 aromatic rings. The minimum Gasteiger partial charge on any atom is -0.432 e. The third-order valence-electron chi connectivity index (χ3n) is 4.18. The van der Waals surface area contributed by atoms with Crippen molar-refractivity contribution in [1.82, 2.24) is 4.98 Å². The monoisotopic (exact) mass is 464 g/mol. The number of benzene rings is 1. The molecule has 0 N–H and O–H groups in total. The largest absolute Gasteiger partial charge is 0.514 e. The first-order valence-corrected chi connectivity index (χ1v) is 9.71. The number of carbonyl (C=O) groups excluding carboxylic acids is 2. The first kappa shape index (κ1) is 25.5. The Morgan fingerprint density at radius 2 is 1.42 bits per heavy atom. The summed E-state index contributed by atoms with van der Waals surface area (Å²) < 4.78 is 30.2. The molecule has 0 saturated heterocycles. The minimum absolute atomic E-state index is 0.0605. The predicted octanol–water partition coefficient (Wildman–Crippen LogP) is 3.60. The molecule has 12 nitrogen and oxygen atoms in total. The van der Waals surface area contributed by atoms with E-state index in [-0.39, 0.29) is 66.1 Å². The van der Waals surface area contributed by atoms with Crippen molar-refractivity contribution in [2.75, 3.05) is 40.6 Å². The highest BCUT2D eigenvalue weighted by molar-refractivity contribution is 5.84. The molecule has 1 heterocycles. The van der Waals surface area contributed by atoms with Crippen LogP contribution in [0.15, 0.2) is 24.3 Å². The molecule has 1 aromatic heterocycles. The molecule has 0 aliphatic rings. The van der Waals surface area contributed by atoms with Crippen LogP contribution in [0.25, 0.3) is 11.1 Å². The van der Waals surface area contributed by atoms with Gasteiger partial charge in [0.2, 0.25) is 0 Å². The highest BCUT2D eigenvalue weighted by atomic mass is 16.7. The Kier molecular flexibility index (Phi) is 9.51. The first-order chi connectivity index (χ1) is 15.8. The lowest BCUT2D eigenvalue weighted by Gasteiger charge is -2.18. The molecule has 0 amide bonds. The Labute approximate surface area is 189 Å². The fourth-order valence-electron chi connectivity index (χ4n) is 2.75.